The van der Waals surface area contributed by atoms with Crippen LogP contribution in [0.1, 0.15) is 52.2 Å². The zero-order valence-electron chi connectivity index (χ0n) is 14.4. The highest BCUT2D eigenvalue weighted by molar-refractivity contribution is 7.94. The Kier molecular flexibility index (Phi) is 3.51. The maximum atomic E-state index is 12.9. The molecule has 2 saturated carbocycles. The molecule has 0 spiro atoms. The highest BCUT2D eigenvalue weighted by Crippen LogP contribution is 2.50. The van der Waals surface area contributed by atoms with Gasteiger partial charge in [-0.25, -0.2) is 8.42 Å². The van der Waals surface area contributed by atoms with Crippen molar-refractivity contribution in [3.05, 3.63) is 17.0 Å². The first-order valence-electron chi connectivity index (χ1n) is 8.61. The molecule has 9 heteroatoms. The lowest BCUT2D eigenvalue weighted by molar-refractivity contribution is 0.0724. The molecule has 4 rings (SSSR count). The number of fused-ring (bicyclic) bond motifs is 1. The maximum Gasteiger partial charge on any atom is 0.272 e. The second-order valence-corrected chi connectivity index (χ2v) is 9.91. The van der Waals surface area contributed by atoms with E-state index in [4.69, 9.17) is 0 Å². The molecule has 0 saturated heterocycles. The van der Waals surface area contributed by atoms with Crippen LogP contribution in [0.5, 0.6) is 0 Å². The summed E-state index contributed by atoms with van der Waals surface area (Å²) in [4.78, 5) is 26.5. The number of rotatable bonds is 5. The molecule has 1 aliphatic heterocycles. The number of sulfone groups is 1. The van der Waals surface area contributed by atoms with E-state index < -0.39 is 14.6 Å². The van der Waals surface area contributed by atoms with Crippen molar-refractivity contribution in [1.82, 2.24) is 20.0 Å². The zero-order valence-corrected chi connectivity index (χ0v) is 15.2. The SMILES string of the molecule is CNC(=O)c1nn(C)c2c1CCN(CC1(S(=O)(=O)C3CC3)CC1)C2=O. The van der Waals surface area contributed by atoms with E-state index in [-0.39, 0.29) is 29.3 Å². The minimum absolute atomic E-state index is 0.206. The Bertz CT molecular complexity index is 865. The number of nitrogens with one attached hydrogen (secondary N) is 1. The molecule has 1 N–H and O–H groups in total. The van der Waals surface area contributed by atoms with Crippen molar-refractivity contribution in [2.75, 3.05) is 20.1 Å². The molecular weight excluding hydrogens is 344 g/mol. The van der Waals surface area contributed by atoms with Crippen LogP contribution in [0.3, 0.4) is 0 Å². The van der Waals surface area contributed by atoms with E-state index in [0.717, 1.165) is 12.8 Å². The number of carbonyl (C=O) groups excluding carboxylic acids is 2. The number of aromatic nitrogens is 2. The predicted molar refractivity (Wildman–Crippen MR) is 90.1 cm³/mol. The summed E-state index contributed by atoms with van der Waals surface area (Å²) in [5, 5.41) is 6.52. The third-order valence-electron chi connectivity index (χ3n) is 5.56. The molecule has 0 bridgehead atoms. The number of hydrogen-bond donors (Lipinski definition) is 1. The van der Waals surface area contributed by atoms with Crippen LogP contribution < -0.4 is 5.32 Å². The average Bonchev–Trinajstić information content (AvgIpc) is 3.47. The smallest absolute Gasteiger partial charge is 0.272 e. The molecule has 0 atom stereocenters. The molecule has 0 aromatic carbocycles. The van der Waals surface area contributed by atoms with E-state index in [1.54, 1.807) is 11.9 Å². The number of nitrogens with zero attached hydrogens (tertiary/aromatic N) is 3. The van der Waals surface area contributed by atoms with E-state index in [1.165, 1.54) is 11.7 Å². The molecule has 1 aromatic heterocycles. The van der Waals surface area contributed by atoms with E-state index in [9.17, 15) is 18.0 Å². The van der Waals surface area contributed by atoms with E-state index in [1.807, 2.05) is 0 Å². The maximum absolute atomic E-state index is 12.9. The van der Waals surface area contributed by atoms with Gasteiger partial charge in [-0.2, -0.15) is 5.10 Å². The summed E-state index contributed by atoms with van der Waals surface area (Å²) >= 11 is 0. The first kappa shape index (κ1) is 16.6. The Labute approximate surface area is 146 Å². The van der Waals surface area contributed by atoms with Gasteiger partial charge in [0.25, 0.3) is 11.8 Å². The van der Waals surface area contributed by atoms with Crippen LogP contribution in [0, 0.1) is 0 Å². The third kappa shape index (κ3) is 2.39. The van der Waals surface area contributed by atoms with E-state index >= 15 is 0 Å². The van der Waals surface area contributed by atoms with Crippen LogP contribution in [-0.4, -0.2) is 65.0 Å². The molecule has 3 aliphatic rings. The van der Waals surface area contributed by atoms with Crippen LogP contribution >= 0.6 is 0 Å². The Morgan fingerprint density at radius 1 is 1.36 bits per heavy atom. The fourth-order valence-electron chi connectivity index (χ4n) is 3.77. The van der Waals surface area contributed by atoms with Crippen LogP contribution in [0.2, 0.25) is 0 Å². The molecule has 8 nitrogen and oxygen atoms in total. The second-order valence-electron chi connectivity index (χ2n) is 7.28. The minimum Gasteiger partial charge on any atom is -0.354 e. The summed E-state index contributed by atoms with van der Waals surface area (Å²) in [5.41, 5.74) is 1.32. The van der Waals surface area contributed by atoms with Crippen molar-refractivity contribution in [3.63, 3.8) is 0 Å². The number of hydrogen-bond acceptors (Lipinski definition) is 5. The molecule has 0 radical (unpaired) electrons. The Balaban J connectivity index is 1.61. The molecule has 0 unspecified atom stereocenters. The van der Waals surface area contributed by atoms with E-state index in [2.05, 4.69) is 10.4 Å². The van der Waals surface area contributed by atoms with E-state index in [0.29, 0.717) is 37.1 Å². The van der Waals surface area contributed by atoms with Crippen molar-refractivity contribution in [3.8, 4) is 0 Å². The van der Waals surface area contributed by atoms with Gasteiger partial charge < -0.3 is 10.2 Å². The standard InChI is InChI=1S/C16H22N4O4S/c1-17-14(21)12-11-5-8-20(15(22)13(11)19(2)18-12)9-16(6-7-16)25(23,24)10-3-4-10/h10H,3-9H2,1-2H3,(H,17,21). The van der Waals surface area contributed by atoms with Gasteiger partial charge in [-0.05, 0) is 32.1 Å². The topological polar surface area (TPSA) is 101 Å². The number of aryl methyl sites for hydroxylation is 1. The van der Waals surface area contributed by atoms with Crippen LogP contribution in [0.4, 0.5) is 0 Å². The lowest BCUT2D eigenvalue weighted by Crippen LogP contribution is -2.46. The molecule has 25 heavy (non-hydrogen) atoms. The first-order chi connectivity index (χ1) is 11.8. The van der Waals surface area contributed by atoms with Gasteiger partial charge in [0, 0.05) is 32.7 Å². The largest absolute Gasteiger partial charge is 0.354 e. The Morgan fingerprint density at radius 3 is 2.60 bits per heavy atom. The fraction of sp³-hybridized carbons (Fsp3) is 0.688. The normalized spacial score (nSPS) is 21.8. The van der Waals surface area contributed by atoms with Crippen LogP contribution in [0.15, 0.2) is 0 Å². The van der Waals surface area contributed by atoms with Crippen molar-refractivity contribution in [2.24, 2.45) is 7.05 Å². The molecule has 2 aliphatic carbocycles. The zero-order chi connectivity index (χ0) is 18.0. The minimum atomic E-state index is -3.16. The fourth-order valence-corrected chi connectivity index (χ4v) is 6.24. The summed E-state index contributed by atoms with van der Waals surface area (Å²) in [6.45, 7) is 0.675. The van der Waals surface area contributed by atoms with Crippen molar-refractivity contribution in [2.45, 2.75) is 42.1 Å². The number of carbonyl (C=O) groups is 2. The molecular formula is C16H22N4O4S. The summed E-state index contributed by atoms with van der Waals surface area (Å²) in [6, 6.07) is 0. The summed E-state index contributed by atoms with van der Waals surface area (Å²) < 4.78 is 26.1. The van der Waals surface area contributed by atoms with Gasteiger partial charge in [0.15, 0.2) is 15.5 Å². The van der Waals surface area contributed by atoms with Crippen molar-refractivity contribution < 1.29 is 18.0 Å². The molecule has 2 heterocycles. The van der Waals surface area contributed by atoms with Gasteiger partial charge in [0.2, 0.25) is 0 Å². The predicted octanol–water partition coefficient (Wildman–Crippen LogP) is -0.112. The molecule has 136 valence electrons. The lowest BCUT2D eigenvalue weighted by Gasteiger charge is -2.31. The Hall–Kier alpha value is -1.90. The second kappa shape index (κ2) is 5.30. The quantitative estimate of drug-likeness (QED) is 0.783. The Morgan fingerprint density at radius 2 is 2.04 bits per heavy atom. The molecule has 2 fully saturated rings. The van der Waals surface area contributed by atoms with Crippen LogP contribution in [0.25, 0.3) is 0 Å². The average molecular weight is 366 g/mol. The highest BCUT2D eigenvalue weighted by atomic mass is 32.2. The lowest BCUT2D eigenvalue weighted by atomic mass is 10.0. The van der Waals surface area contributed by atoms with Crippen molar-refractivity contribution >= 4 is 21.7 Å². The summed E-state index contributed by atoms with van der Waals surface area (Å²) in [7, 11) is 0.00999. The molecule has 1 aromatic rings. The van der Waals surface area contributed by atoms with Gasteiger partial charge in [-0.1, -0.05) is 0 Å². The monoisotopic (exact) mass is 366 g/mol. The highest BCUT2D eigenvalue weighted by Gasteiger charge is 2.60. The molecule has 2 amide bonds. The third-order valence-corrected chi connectivity index (χ3v) is 8.66. The van der Waals surface area contributed by atoms with Gasteiger partial charge in [0.05, 0.1) is 10.00 Å². The van der Waals surface area contributed by atoms with Gasteiger partial charge in [-0.3, -0.25) is 14.3 Å². The van der Waals surface area contributed by atoms with Crippen LogP contribution in [-0.2, 0) is 23.3 Å². The first-order valence-corrected chi connectivity index (χ1v) is 10.2. The van der Waals surface area contributed by atoms with Crippen molar-refractivity contribution in [1.29, 1.82) is 0 Å². The summed E-state index contributed by atoms with van der Waals surface area (Å²) in [5.74, 6) is -0.545. The summed E-state index contributed by atoms with van der Waals surface area (Å²) in [6.07, 6.45) is 3.28. The number of amides is 2. The van der Waals surface area contributed by atoms with Gasteiger partial charge >= 0.3 is 0 Å². The van der Waals surface area contributed by atoms with Gasteiger partial charge in [0.1, 0.15) is 5.69 Å². The van der Waals surface area contributed by atoms with Gasteiger partial charge in [-0.15, -0.1) is 0 Å².